The first-order valence-electron chi connectivity index (χ1n) is 4.38. The molecule has 0 aliphatic heterocycles. The molecule has 1 aromatic heterocycles. The van der Waals surface area contributed by atoms with Crippen molar-refractivity contribution in [2.45, 2.75) is 12.7 Å². The highest BCUT2D eigenvalue weighted by Gasteiger charge is 2.31. The molecule has 9 heteroatoms. The summed E-state index contributed by atoms with van der Waals surface area (Å²) in [6, 6.07) is 0. The minimum absolute atomic E-state index is 0.100. The summed E-state index contributed by atoms with van der Waals surface area (Å²) in [4.78, 5) is 11.8. The van der Waals surface area contributed by atoms with Gasteiger partial charge in [0.2, 0.25) is 0 Å². The molecule has 4 nitrogen and oxygen atoms in total. The molecule has 1 aromatic rings. The fourth-order valence-electron chi connectivity index (χ4n) is 1.17. The van der Waals surface area contributed by atoms with Gasteiger partial charge in [0.15, 0.2) is 0 Å². The normalized spacial score (nSPS) is 12.1. The van der Waals surface area contributed by atoms with Crippen LogP contribution in [0.2, 0.25) is 0 Å². The third-order valence-electron chi connectivity index (χ3n) is 1.72. The van der Waals surface area contributed by atoms with E-state index in [4.69, 9.17) is 5.11 Å². The molecule has 0 fully saturated rings. The van der Waals surface area contributed by atoms with Crippen LogP contribution in [0, 0.1) is 0 Å². The predicted octanol–water partition coefficient (Wildman–Crippen LogP) is 2.35. The monoisotopic (exact) mass is 332 g/mol. The van der Waals surface area contributed by atoms with Gasteiger partial charge in [0, 0.05) is 6.54 Å². The van der Waals surface area contributed by atoms with E-state index >= 15 is 0 Å². The molecular formula is C8H8BrF3N2O2S. The molecule has 0 saturated heterocycles. The van der Waals surface area contributed by atoms with Gasteiger partial charge in [-0.05, 0) is 27.5 Å². The molecule has 0 radical (unpaired) electrons. The van der Waals surface area contributed by atoms with Crippen molar-refractivity contribution in [1.82, 2.24) is 9.27 Å². The fourth-order valence-corrected chi connectivity index (χ4v) is 2.42. The van der Waals surface area contributed by atoms with Crippen molar-refractivity contribution >= 4 is 33.4 Å². The molecule has 0 bridgehead atoms. The highest BCUT2D eigenvalue weighted by atomic mass is 79.9. The van der Waals surface area contributed by atoms with Crippen molar-refractivity contribution in [3.63, 3.8) is 0 Å². The zero-order valence-electron chi connectivity index (χ0n) is 8.37. The number of aliphatic carboxylic acids is 1. The average molecular weight is 333 g/mol. The van der Waals surface area contributed by atoms with E-state index in [1.165, 1.54) is 6.20 Å². The molecule has 0 atom stereocenters. The lowest BCUT2D eigenvalue weighted by molar-refractivity contribution is -0.154. The first-order chi connectivity index (χ1) is 7.78. The summed E-state index contributed by atoms with van der Waals surface area (Å²) in [5, 5.41) is 8.55. The summed E-state index contributed by atoms with van der Waals surface area (Å²) in [5.41, 5.74) is 0. The number of carbonyl (C=O) groups is 1. The molecule has 1 N–H and O–H groups in total. The Morgan fingerprint density at radius 1 is 1.59 bits per heavy atom. The van der Waals surface area contributed by atoms with Gasteiger partial charge in [-0.1, -0.05) is 0 Å². The van der Waals surface area contributed by atoms with Gasteiger partial charge in [-0.25, -0.2) is 0 Å². The fraction of sp³-hybridized carbons (Fsp3) is 0.500. The van der Waals surface area contributed by atoms with E-state index in [1.807, 2.05) is 0 Å². The van der Waals surface area contributed by atoms with Gasteiger partial charge >= 0.3 is 12.1 Å². The van der Waals surface area contributed by atoms with Gasteiger partial charge in [0.25, 0.3) is 0 Å². The van der Waals surface area contributed by atoms with Crippen molar-refractivity contribution in [3.05, 3.63) is 15.5 Å². The summed E-state index contributed by atoms with van der Waals surface area (Å²) in [6.07, 6.45) is -2.96. The Bertz CT molecular complexity index is 396. The van der Waals surface area contributed by atoms with E-state index in [-0.39, 0.29) is 6.54 Å². The van der Waals surface area contributed by atoms with Gasteiger partial charge in [0.05, 0.1) is 28.6 Å². The average Bonchev–Trinajstić information content (AvgIpc) is 2.47. The van der Waals surface area contributed by atoms with Crippen molar-refractivity contribution in [2.75, 3.05) is 13.1 Å². The minimum Gasteiger partial charge on any atom is -0.480 e. The van der Waals surface area contributed by atoms with E-state index in [9.17, 15) is 18.0 Å². The number of carboxylic acids is 1. The summed E-state index contributed by atoms with van der Waals surface area (Å²) in [6.45, 7) is -2.02. The third-order valence-corrected chi connectivity index (χ3v) is 3.45. The maximum absolute atomic E-state index is 12.2. The molecule has 17 heavy (non-hydrogen) atoms. The molecule has 96 valence electrons. The zero-order chi connectivity index (χ0) is 13.1. The quantitative estimate of drug-likeness (QED) is 0.899. The molecule has 0 amide bonds. The smallest absolute Gasteiger partial charge is 0.401 e. The van der Waals surface area contributed by atoms with Gasteiger partial charge < -0.3 is 5.11 Å². The van der Waals surface area contributed by atoms with E-state index in [2.05, 4.69) is 20.3 Å². The Morgan fingerprint density at radius 3 is 2.65 bits per heavy atom. The number of halogens is 4. The van der Waals surface area contributed by atoms with Crippen molar-refractivity contribution in [2.24, 2.45) is 0 Å². The van der Waals surface area contributed by atoms with E-state index in [0.717, 1.165) is 16.4 Å². The maximum atomic E-state index is 12.2. The first-order valence-corrected chi connectivity index (χ1v) is 5.94. The number of aromatic nitrogens is 1. The summed E-state index contributed by atoms with van der Waals surface area (Å²) >= 11 is 4.17. The van der Waals surface area contributed by atoms with E-state index in [0.29, 0.717) is 9.35 Å². The summed E-state index contributed by atoms with van der Waals surface area (Å²) in [7, 11) is 0. The van der Waals surface area contributed by atoms with Crippen molar-refractivity contribution in [3.8, 4) is 0 Å². The Labute approximate surface area is 107 Å². The van der Waals surface area contributed by atoms with Crippen LogP contribution in [0.25, 0.3) is 0 Å². The van der Waals surface area contributed by atoms with Gasteiger partial charge in [0.1, 0.15) is 0 Å². The standard InChI is InChI=1S/C8H8BrF3N2O2S/c9-5-1-13-17-6(5)2-14(3-7(15)16)4-8(10,11)12/h1H,2-4H2,(H,15,16). The number of alkyl halides is 3. The number of hydrogen-bond acceptors (Lipinski definition) is 4. The lowest BCUT2D eigenvalue weighted by Gasteiger charge is -2.20. The number of nitrogens with zero attached hydrogens (tertiary/aromatic N) is 2. The summed E-state index contributed by atoms with van der Waals surface area (Å²) in [5.74, 6) is -1.30. The molecule has 0 aliphatic rings. The Morgan fingerprint density at radius 2 is 2.24 bits per heavy atom. The van der Waals surface area contributed by atoms with E-state index < -0.39 is 25.2 Å². The van der Waals surface area contributed by atoms with Crippen LogP contribution in [0.1, 0.15) is 4.88 Å². The largest absolute Gasteiger partial charge is 0.480 e. The first kappa shape index (κ1) is 14.4. The van der Waals surface area contributed by atoms with Gasteiger partial charge in [-0.2, -0.15) is 17.5 Å². The van der Waals surface area contributed by atoms with Gasteiger partial charge in [-0.15, -0.1) is 0 Å². The maximum Gasteiger partial charge on any atom is 0.401 e. The number of hydrogen-bond donors (Lipinski definition) is 1. The topological polar surface area (TPSA) is 53.4 Å². The molecular weight excluding hydrogens is 325 g/mol. The molecule has 1 heterocycles. The zero-order valence-corrected chi connectivity index (χ0v) is 10.8. The SMILES string of the molecule is O=C(O)CN(Cc1sncc1Br)CC(F)(F)F. The second kappa shape index (κ2) is 5.78. The molecule has 0 unspecified atom stereocenters. The van der Waals surface area contributed by atoms with Crippen LogP contribution < -0.4 is 0 Å². The van der Waals surface area contributed by atoms with Crippen LogP contribution in [-0.2, 0) is 11.3 Å². The van der Waals surface area contributed by atoms with E-state index in [1.54, 1.807) is 0 Å². The Hall–Kier alpha value is -0.670. The lowest BCUT2D eigenvalue weighted by Crippen LogP contribution is -2.37. The molecule has 0 spiro atoms. The second-order valence-electron chi connectivity index (χ2n) is 3.25. The molecule has 0 saturated carbocycles. The van der Waals surface area contributed by atoms with Crippen molar-refractivity contribution < 1.29 is 23.1 Å². The number of rotatable bonds is 5. The van der Waals surface area contributed by atoms with Crippen LogP contribution in [-0.4, -0.2) is 39.6 Å². The highest BCUT2D eigenvalue weighted by Crippen LogP contribution is 2.24. The van der Waals surface area contributed by atoms with Gasteiger partial charge in [-0.3, -0.25) is 9.69 Å². The molecule has 1 rings (SSSR count). The predicted molar refractivity (Wildman–Crippen MR) is 58.8 cm³/mol. The number of carboxylic acid groups (broad SMARTS) is 1. The minimum atomic E-state index is -4.42. The van der Waals surface area contributed by atoms with Crippen LogP contribution in [0.5, 0.6) is 0 Å². The second-order valence-corrected chi connectivity index (χ2v) is 4.99. The highest BCUT2D eigenvalue weighted by molar-refractivity contribution is 9.10. The summed E-state index contributed by atoms with van der Waals surface area (Å²) < 4.78 is 41.1. The van der Waals surface area contributed by atoms with Crippen LogP contribution in [0.4, 0.5) is 13.2 Å². The lowest BCUT2D eigenvalue weighted by atomic mass is 10.4. The van der Waals surface area contributed by atoms with Crippen LogP contribution in [0.15, 0.2) is 10.7 Å². The Balaban J connectivity index is 2.70. The van der Waals surface area contributed by atoms with Crippen LogP contribution >= 0.6 is 27.5 Å². The molecule has 0 aromatic carbocycles. The third kappa shape index (κ3) is 5.46. The van der Waals surface area contributed by atoms with Crippen LogP contribution in [0.3, 0.4) is 0 Å². The Kier molecular flexibility index (Phi) is 4.90. The molecule has 0 aliphatic carbocycles. The van der Waals surface area contributed by atoms with Crippen molar-refractivity contribution in [1.29, 1.82) is 0 Å².